The number of halogens is 1. The highest BCUT2D eigenvalue weighted by Gasteiger charge is 2.26. The molecule has 0 aliphatic carbocycles. The van der Waals surface area contributed by atoms with Crippen molar-refractivity contribution >= 4 is 28.6 Å². The van der Waals surface area contributed by atoms with Crippen LogP contribution >= 0.6 is 11.3 Å². The lowest BCUT2D eigenvalue weighted by Crippen LogP contribution is -2.32. The first-order valence-corrected chi connectivity index (χ1v) is 8.67. The lowest BCUT2D eigenvalue weighted by molar-refractivity contribution is 0.0987. The van der Waals surface area contributed by atoms with Crippen molar-refractivity contribution in [2.45, 2.75) is 6.42 Å². The molecule has 3 aromatic rings. The predicted octanol–water partition coefficient (Wildman–Crippen LogP) is 5.16. The van der Waals surface area contributed by atoms with Crippen LogP contribution in [0.15, 0.2) is 59.1 Å². The van der Waals surface area contributed by atoms with Gasteiger partial charge < -0.3 is 4.90 Å². The molecule has 2 aromatic carbocycles. The van der Waals surface area contributed by atoms with Gasteiger partial charge >= 0.3 is 0 Å². The molecule has 4 rings (SSSR count). The number of amides is 1. The largest absolute Gasteiger partial charge is 0.307 e. The van der Waals surface area contributed by atoms with Gasteiger partial charge in [0, 0.05) is 22.5 Å². The van der Waals surface area contributed by atoms with Gasteiger partial charge in [-0.15, -0.1) is 16.2 Å². The van der Waals surface area contributed by atoms with Crippen molar-refractivity contribution in [3.05, 3.63) is 75.8 Å². The summed E-state index contributed by atoms with van der Waals surface area (Å²) in [4.78, 5) is 26.2. The Kier molecular flexibility index (Phi) is 3.89. The number of anilines is 1. The molecule has 0 N–H and O–H groups in total. The van der Waals surface area contributed by atoms with Crippen LogP contribution in [-0.4, -0.2) is 12.5 Å². The first-order valence-electron chi connectivity index (χ1n) is 7.79. The van der Waals surface area contributed by atoms with E-state index < -0.39 is 0 Å². The minimum atomic E-state index is -0.378. The van der Waals surface area contributed by atoms with E-state index in [2.05, 4.69) is 5.18 Å². The minimum Gasteiger partial charge on any atom is -0.307 e. The standard InChI is InChI=1S/C19H13FN2O2S/c20-14-3-6-16-17(11-14)22(9-7-12-8-10-25-18(12)16)19(23)13-1-4-15(21-24)5-2-13/h1-6,8,10-11H,7,9H2. The number of fused-ring (bicyclic) bond motifs is 3. The maximum atomic E-state index is 13.9. The number of carbonyl (C=O) groups excluding carboxylic acids is 1. The van der Waals surface area contributed by atoms with Gasteiger partial charge in [-0.25, -0.2) is 4.39 Å². The first-order chi connectivity index (χ1) is 12.2. The normalized spacial score (nSPS) is 12.9. The number of nitrogens with zero attached hydrogens (tertiary/aromatic N) is 2. The van der Waals surface area contributed by atoms with E-state index in [1.807, 2.05) is 11.4 Å². The third-order valence-corrected chi connectivity index (χ3v) is 5.30. The Morgan fingerprint density at radius 2 is 1.92 bits per heavy atom. The van der Waals surface area contributed by atoms with Gasteiger partial charge in [0.05, 0.1) is 5.69 Å². The molecular weight excluding hydrogens is 339 g/mol. The van der Waals surface area contributed by atoms with Crippen molar-refractivity contribution in [1.82, 2.24) is 0 Å². The van der Waals surface area contributed by atoms with Gasteiger partial charge in [-0.3, -0.25) is 4.79 Å². The van der Waals surface area contributed by atoms with Gasteiger partial charge in [-0.2, -0.15) is 0 Å². The summed E-state index contributed by atoms with van der Waals surface area (Å²) >= 11 is 1.59. The van der Waals surface area contributed by atoms with Crippen LogP contribution in [0.5, 0.6) is 0 Å². The molecule has 0 saturated heterocycles. The fraction of sp³-hybridized carbons (Fsp3) is 0.105. The van der Waals surface area contributed by atoms with Crippen molar-refractivity contribution in [3.63, 3.8) is 0 Å². The lowest BCUT2D eigenvalue weighted by atomic mass is 10.1. The highest BCUT2D eigenvalue weighted by molar-refractivity contribution is 7.13. The number of benzene rings is 2. The Morgan fingerprint density at radius 3 is 2.68 bits per heavy atom. The molecule has 1 amide bonds. The molecule has 124 valence electrons. The maximum Gasteiger partial charge on any atom is 0.258 e. The van der Waals surface area contributed by atoms with Crippen LogP contribution in [-0.2, 0) is 6.42 Å². The molecule has 4 nitrogen and oxygen atoms in total. The van der Waals surface area contributed by atoms with Crippen LogP contribution in [0.4, 0.5) is 15.8 Å². The number of hydrogen-bond acceptors (Lipinski definition) is 4. The SMILES string of the molecule is O=Nc1ccc(C(=O)N2CCc3ccsc3-c3ccc(F)cc32)cc1. The van der Waals surface area contributed by atoms with E-state index in [4.69, 9.17) is 0 Å². The lowest BCUT2D eigenvalue weighted by Gasteiger charge is -2.23. The highest BCUT2D eigenvalue weighted by atomic mass is 32.1. The predicted molar refractivity (Wildman–Crippen MR) is 97.0 cm³/mol. The average molecular weight is 352 g/mol. The molecule has 0 spiro atoms. The van der Waals surface area contributed by atoms with Crippen LogP contribution in [0.25, 0.3) is 10.4 Å². The van der Waals surface area contributed by atoms with Gasteiger partial charge in [0.1, 0.15) is 11.5 Å². The molecule has 1 aliphatic heterocycles. The molecule has 25 heavy (non-hydrogen) atoms. The van der Waals surface area contributed by atoms with Gasteiger partial charge in [0.2, 0.25) is 0 Å². The van der Waals surface area contributed by atoms with E-state index >= 15 is 0 Å². The van der Waals surface area contributed by atoms with Crippen LogP contribution in [0.1, 0.15) is 15.9 Å². The molecule has 6 heteroatoms. The summed E-state index contributed by atoms with van der Waals surface area (Å²) in [6.45, 7) is 0.465. The summed E-state index contributed by atoms with van der Waals surface area (Å²) in [5.74, 6) is -0.600. The summed E-state index contributed by atoms with van der Waals surface area (Å²) in [5.41, 5.74) is 3.30. The summed E-state index contributed by atoms with van der Waals surface area (Å²) in [5, 5.41) is 4.86. The Balaban J connectivity index is 1.80. The molecule has 1 aliphatic rings. The second kappa shape index (κ2) is 6.22. The number of nitroso groups, excluding NO2 is 1. The van der Waals surface area contributed by atoms with Gasteiger partial charge in [0.25, 0.3) is 5.91 Å². The number of rotatable bonds is 2. The molecular formula is C19H13FN2O2S. The molecule has 0 bridgehead atoms. The zero-order valence-corrected chi connectivity index (χ0v) is 13.9. The number of hydrogen-bond donors (Lipinski definition) is 0. The smallest absolute Gasteiger partial charge is 0.258 e. The van der Waals surface area contributed by atoms with Crippen molar-refractivity contribution in [3.8, 4) is 10.4 Å². The first kappa shape index (κ1) is 15.7. The second-order valence-electron chi connectivity index (χ2n) is 5.78. The minimum absolute atomic E-state index is 0.223. The second-order valence-corrected chi connectivity index (χ2v) is 6.70. The number of thiophene rings is 1. The Hall–Kier alpha value is -2.86. The molecule has 0 saturated carbocycles. The average Bonchev–Trinajstić information content (AvgIpc) is 3.05. The summed E-state index contributed by atoms with van der Waals surface area (Å²) in [7, 11) is 0. The van der Waals surface area contributed by atoms with E-state index in [1.54, 1.807) is 34.4 Å². The fourth-order valence-electron chi connectivity index (χ4n) is 3.07. The third-order valence-electron chi connectivity index (χ3n) is 4.31. The van der Waals surface area contributed by atoms with Crippen molar-refractivity contribution < 1.29 is 9.18 Å². The number of carbonyl (C=O) groups is 1. The van der Waals surface area contributed by atoms with Crippen molar-refractivity contribution in [2.75, 3.05) is 11.4 Å². The molecule has 2 heterocycles. The molecule has 0 atom stereocenters. The van der Waals surface area contributed by atoms with Crippen molar-refractivity contribution in [2.24, 2.45) is 5.18 Å². The summed E-state index contributed by atoms with van der Waals surface area (Å²) in [6.07, 6.45) is 0.703. The Bertz CT molecular complexity index is 966. The quantitative estimate of drug-likeness (QED) is 0.599. The topological polar surface area (TPSA) is 49.7 Å². The summed E-state index contributed by atoms with van der Waals surface area (Å²) < 4.78 is 13.9. The van der Waals surface area contributed by atoms with Crippen LogP contribution < -0.4 is 4.90 Å². The van der Waals surface area contributed by atoms with Crippen LogP contribution in [0.3, 0.4) is 0 Å². The third kappa shape index (κ3) is 2.74. The molecule has 0 radical (unpaired) electrons. The highest BCUT2D eigenvalue weighted by Crippen LogP contribution is 2.40. The fourth-order valence-corrected chi connectivity index (χ4v) is 4.06. The van der Waals surface area contributed by atoms with Gasteiger partial charge in [-0.05, 0) is 71.1 Å². The molecule has 0 unspecified atom stereocenters. The van der Waals surface area contributed by atoms with Gasteiger partial charge in [0.15, 0.2) is 0 Å². The molecule has 0 fully saturated rings. The molecule has 1 aromatic heterocycles. The monoisotopic (exact) mass is 352 g/mol. The zero-order valence-electron chi connectivity index (χ0n) is 13.1. The van der Waals surface area contributed by atoms with E-state index in [0.717, 1.165) is 16.0 Å². The Morgan fingerprint density at radius 1 is 1.12 bits per heavy atom. The van der Waals surface area contributed by atoms with Crippen LogP contribution in [0.2, 0.25) is 0 Å². The maximum absolute atomic E-state index is 13.9. The zero-order chi connectivity index (χ0) is 17.4. The van der Waals surface area contributed by atoms with Crippen molar-refractivity contribution in [1.29, 1.82) is 0 Å². The van der Waals surface area contributed by atoms with E-state index in [-0.39, 0.29) is 17.4 Å². The van der Waals surface area contributed by atoms with Gasteiger partial charge in [-0.1, -0.05) is 0 Å². The Labute approximate surface area is 147 Å². The van der Waals surface area contributed by atoms with E-state index in [9.17, 15) is 14.1 Å². The van der Waals surface area contributed by atoms with Crippen LogP contribution in [0, 0.1) is 10.7 Å². The van der Waals surface area contributed by atoms with E-state index in [0.29, 0.717) is 24.2 Å². The summed E-state index contributed by atoms with van der Waals surface area (Å²) in [6, 6.07) is 12.7. The van der Waals surface area contributed by atoms with E-state index in [1.165, 1.54) is 24.3 Å².